The Morgan fingerprint density at radius 3 is 2.73 bits per heavy atom. The summed E-state index contributed by atoms with van der Waals surface area (Å²) in [5.41, 5.74) is 7.48. The van der Waals surface area contributed by atoms with Gasteiger partial charge in [-0.15, -0.1) is 0 Å². The monoisotopic (exact) mass is 209 g/mol. The summed E-state index contributed by atoms with van der Waals surface area (Å²) in [6.45, 7) is 6.08. The summed E-state index contributed by atoms with van der Waals surface area (Å²) in [7, 11) is 0. The minimum atomic E-state index is 0.162. The molecule has 0 aliphatic rings. The molecule has 4 N–H and O–H groups in total. The van der Waals surface area contributed by atoms with Crippen LogP contribution in [0.2, 0.25) is 0 Å². The molecule has 1 aromatic rings. The lowest BCUT2D eigenvalue weighted by molar-refractivity contribution is 0.226. The van der Waals surface area contributed by atoms with Crippen molar-refractivity contribution >= 4 is 11.5 Å². The van der Waals surface area contributed by atoms with E-state index in [0.29, 0.717) is 0 Å². The molecule has 84 valence electrons. The molecule has 0 aliphatic heterocycles. The van der Waals surface area contributed by atoms with Gasteiger partial charge in [-0.05, 0) is 25.3 Å². The largest absolute Gasteiger partial charge is 0.398 e. The molecule has 0 saturated heterocycles. The average Bonchev–Trinajstić information content (AvgIpc) is 2.22. The molecule has 0 aliphatic carbocycles. The topological polar surface area (TPSA) is 71.2 Å². The van der Waals surface area contributed by atoms with Crippen LogP contribution in [0.3, 0.4) is 0 Å². The van der Waals surface area contributed by atoms with Crippen LogP contribution in [-0.4, -0.2) is 22.7 Å². The van der Waals surface area contributed by atoms with Crippen LogP contribution in [0, 0.1) is 12.8 Å². The molecule has 0 amide bonds. The average molecular weight is 209 g/mol. The maximum Gasteiger partial charge on any atom is 0.128 e. The Balaban J connectivity index is 2.68. The predicted octanol–water partition coefficient (Wildman–Crippen LogP) is 1.40. The number of aryl methyl sites for hydroxylation is 1. The molecule has 0 radical (unpaired) electrons. The number of nitrogens with two attached hydrogens (primary N) is 1. The molecule has 0 bridgehead atoms. The fourth-order valence-electron chi connectivity index (χ4n) is 1.15. The van der Waals surface area contributed by atoms with Gasteiger partial charge in [0.25, 0.3) is 0 Å². The lowest BCUT2D eigenvalue weighted by Crippen LogP contribution is -2.26. The second-order valence-corrected chi connectivity index (χ2v) is 4.02. The summed E-state index contributed by atoms with van der Waals surface area (Å²) >= 11 is 0. The Bertz CT molecular complexity index is 328. The highest BCUT2D eigenvalue weighted by Gasteiger charge is 2.11. The van der Waals surface area contributed by atoms with Crippen LogP contribution in [0.25, 0.3) is 0 Å². The minimum Gasteiger partial charge on any atom is -0.398 e. The van der Waals surface area contributed by atoms with Crippen molar-refractivity contribution in [2.24, 2.45) is 5.92 Å². The number of nitrogen functional groups attached to an aromatic ring is 1. The van der Waals surface area contributed by atoms with E-state index in [2.05, 4.69) is 10.3 Å². The fraction of sp³-hybridized carbons (Fsp3) is 0.545. The minimum absolute atomic E-state index is 0.162. The Labute approximate surface area is 90.5 Å². The second-order valence-electron chi connectivity index (χ2n) is 4.02. The first-order chi connectivity index (χ1) is 7.04. The van der Waals surface area contributed by atoms with E-state index in [4.69, 9.17) is 10.8 Å². The zero-order valence-corrected chi connectivity index (χ0v) is 9.49. The first-order valence-corrected chi connectivity index (χ1v) is 5.14. The normalized spacial score (nSPS) is 14.7. The Kier molecular flexibility index (Phi) is 3.91. The molecule has 1 heterocycles. The summed E-state index contributed by atoms with van der Waals surface area (Å²) in [6, 6.07) is 1.99. The molecular weight excluding hydrogens is 190 g/mol. The van der Waals surface area contributed by atoms with Gasteiger partial charge >= 0.3 is 0 Å². The van der Waals surface area contributed by atoms with Crippen LogP contribution in [0.5, 0.6) is 0 Å². The van der Waals surface area contributed by atoms with Crippen molar-refractivity contribution < 1.29 is 5.11 Å². The van der Waals surface area contributed by atoms with Crippen LogP contribution in [0.1, 0.15) is 19.4 Å². The molecular formula is C11H19N3O. The van der Waals surface area contributed by atoms with Crippen molar-refractivity contribution in [1.29, 1.82) is 0 Å². The lowest BCUT2D eigenvalue weighted by atomic mass is 10.1. The van der Waals surface area contributed by atoms with Gasteiger partial charge in [-0.1, -0.05) is 6.92 Å². The van der Waals surface area contributed by atoms with Crippen molar-refractivity contribution in [3.8, 4) is 0 Å². The van der Waals surface area contributed by atoms with E-state index in [0.717, 1.165) is 17.1 Å². The van der Waals surface area contributed by atoms with Gasteiger partial charge in [-0.3, -0.25) is 0 Å². The number of aliphatic hydroxyl groups excluding tert-OH is 1. The highest BCUT2D eigenvalue weighted by atomic mass is 16.3. The highest BCUT2D eigenvalue weighted by molar-refractivity contribution is 5.53. The summed E-state index contributed by atoms with van der Waals surface area (Å²) in [5.74, 6) is 0.945. The number of anilines is 2. The van der Waals surface area contributed by atoms with Crippen LogP contribution >= 0.6 is 0 Å². The summed E-state index contributed by atoms with van der Waals surface area (Å²) in [5, 5.41) is 12.2. The van der Waals surface area contributed by atoms with Crippen molar-refractivity contribution in [3.63, 3.8) is 0 Å². The van der Waals surface area contributed by atoms with E-state index in [-0.39, 0.29) is 18.6 Å². The van der Waals surface area contributed by atoms with Crippen LogP contribution in [0.15, 0.2) is 12.3 Å². The van der Waals surface area contributed by atoms with Crippen LogP contribution in [-0.2, 0) is 0 Å². The van der Waals surface area contributed by atoms with Crippen molar-refractivity contribution in [2.45, 2.75) is 26.8 Å². The molecule has 1 aromatic heterocycles. The predicted molar refractivity (Wildman–Crippen MR) is 62.7 cm³/mol. The molecule has 15 heavy (non-hydrogen) atoms. The molecule has 0 aromatic carbocycles. The Morgan fingerprint density at radius 1 is 1.53 bits per heavy atom. The third-order valence-electron chi connectivity index (χ3n) is 2.66. The van der Waals surface area contributed by atoms with Crippen LogP contribution in [0.4, 0.5) is 11.5 Å². The van der Waals surface area contributed by atoms with E-state index in [9.17, 15) is 0 Å². The quantitative estimate of drug-likeness (QED) is 0.701. The Hall–Kier alpha value is -1.29. The van der Waals surface area contributed by atoms with Crippen molar-refractivity contribution in [2.75, 3.05) is 17.7 Å². The van der Waals surface area contributed by atoms with Crippen LogP contribution < -0.4 is 11.1 Å². The third kappa shape index (κ3) is 3.09. The van der Waals surface area contributed by atoms with E-state index in [1.54, 1.807) is 6.20 Å². The van der Waals surface area contributed by atoms with E-state index in [1.165, 1.54) is 0 Å². The first kappa shape index (κ1) is 11.8. The number of hydrogen-bond donors (Lipinski definition) is 3. The van der Waals surface area contributed by atoms with Gasteiger partial charge in [0.05, 0.1) is 0 Å². The molecule has 4 heteroatoms. The zero-order chi connectivity index (χ0) is 11.4. The van der Waals surface area contributed by atoms with Crippen molar-refractivity contribution in [1.82, 2.24) is 4.98 Å². The van der Waals surface area contributed by atoms with Gasteiger partial charge in [-0.25, -0.2) is 4.98 Å². The van der Waals surface area contributed by atoms with Gasteiger partial charge in [0.15, 0.2) is 0 Å². The van der Waals surface area contributed by atoms with Gasteiger partial charge in [-0.2, -0.15) is 0 Å². The SMILES string of the molecule is Cc1cnc(NC(C)C(C)CO)cc1N. The number of aliphatic hydroxyl groups is 1. The lowest BCUT2D eigenvalue weighted by Gasteiger charge is -2.20. The fourth-order valence-corrected chi connectivity index (χ4v) is 1.15. The maximum atomic E-state index is 9.00. The molecule has 0 saturated carbocycles. The number of nitrogens with one attached hydrogen (secondary N) is 1. The van der Waals surface area contributed by atoms with E-state index >= 15 is 0 Å². The van der Waals surface area contributed by atoms with Gasteiger partial charge in [0, 0.05) is 30.6 Å². The van der Waals surface area contributed by atoms with Gasteiger partial charge < -0.3 is 16.2 Å². The molecule has 4 nitrogen and oxygen atoms in total. The van der Waals surface area contributed by atoms with Crippen molar-refractivity contribution in [3.05, 3.63) is 17.8 Å². The molecule has 0 spiro atoms. The van der Waals surface area contributed by atoms with E-state index < -0.39 is 0 Å². The summed E-state index contributed by atoms with van der Waals surface area (Å²) < 4.78 is 0. The van der Waals surface area contributed by atoms with Gasteiger partial charge in [0.2, 0.25) is 0 Å². The number of rotatable bonds is 4. The smallest absolute Gasteiger partial charge is 0.128 e. The second kappa shape index (κ2) is 4.98. The molecule has 2 atom stereocenters. The maximum absolute atomic E-state index is 9.00. The van der Waals surface area contributed by atoms with Gasteiger partial charge in [0.1, 0.15) is 5.82 Å². The third-order valence-corrected chi connectivity index (χ3v) is 2.66. The Morgan fingerprint density at radius 2 is 2.20 bits per heavy atom. The highest BCUT2D eigenvalue weighted by Crippen LogP contribution is 2.16. The summed E-state index contributed by atoms with van der Waals surface area (Å²) in [6.07, 6.45) is 1.74. The first-order valence-electron chi connectivity index (χ1n) is 5.14. The summed E-state index contributed by atoms with van der Waals surface area (Å²) in [4.78, 5) is 4.22. The van der Waals surface area contributed by atoms with E-state index in [1.807, 2.05) is 26.8 Å². The number of aromatic nitrogens is 1. The molecule has 0 fully saturated rings. The number of pyridine rings is 1. The zero-order valence-electron chi connectivity index (χ0n) is 9.49. The number of hydrogen-bond acceptors (Lipinski definition) is 4. The molecule has 1 rings (SSSR count). The number of nitrogens with zero attached hydrogens (tertiary/aromatic N) is 1. The molecule has 2 unspecified atom stereocenters. The standard InChI is InChI=1S/C11H19N3O/c1-7-5-13-11(4-10(7)12)14-9(3)8(2)6-15/h4-5,8-9,15H,6H2,1-3H3,(H3,12,13,14).